The maximum atomic E-state index is 13.1. The fraction of sp³-hybridized carbons (Fsp3) is 0.778. The number of aliphatic hydroxyl groups is 1. The van der Waals surface area contributed by atoms with Crippen LogP contribution in [0, 0.1) is 5.92 Å². The van der Waals surface area contributed by atoms with E-state index >= 15 is 0 Å². The molecule has 0 bridgehead atoms. The first kappa shape index (κ1) is 32.7. The van der Waals surface area contributed by atoms with Crippen molar-refractivity contribution in [2.75, 3.05) is 13.2 Å². The topological polar surface area (TPSA) is 38.7 Å². The minimum absolute atomic E-state index is 0.0147. The molecule has 0 fully saturated rings. The van der Waals surface area contributed by atoms with Gasteiger partial charge in [-0.3, -0.25) is 0 Å². The zero-order valence-corrected chi connectivity index (χ0v) is 21.7. The fourth-order valence-corrected chi connectivity index (χ4v) is 4.43. The molecule has 0 aliphatic heterocycles. The number of benzene rings is 1. The third kappa shape index (κ3) is 11.8. The second-order valence-electron chi connectivity index (χ2n) is 9.26. The lowest BCUT2D eigenvalue weighted by molar-refractivity contribution is -0.385. The van der Waals surface area contributed by atoms with E-state index in [9.17, 15) is 31.4 Å². The maximum Gasteiger partial charge on any atom is 0.416 e. The number of hydrogen-bond acceptors (Lipinski definition) is 3. The summed E-state index contributed by atoms with van der Waals surface area (Å²) >= 11 is 0. The molecule has 9 heteroatoms. The van der Waals surface area contributed by atoms with Gasteiger partial charge < -0.3 is 14.6 Å². The molecule has 1 N–H and O–H groups in total. The van der Waals surface area contributed by atoms with Crippen molar-refractivity contribution in [3.05, 3.63) is 34.9 Å². The lowest BCUT2D eigenvalue weighted by atomic mass is 9.91. The van der Waals surface area contributed by atoms with Gasteiger partial charge in [0.2, 0.25) is 0 Å². The second kappa shape index (κ2) is 15.8. The summed E-state index contributed by atoms with van der Waals surface area (Å²) in [5, 5.41) is 11.0. The normalized spacial score (nSPS) is 13.8. The summed E-state index contributed by atoms with van der Waals surface area (Å²) in [6.45, 7) is 6.26. The molecule has 0 saturated heterocycles. The van der Waals surface area contributed by atoms with Gasteiger partial charge >= 0.3 is 12.4 Å². The molecule has 0 aliphatic rings. The summed E-state index contributed by atoms with van der Waals surface area (Å²) < 4.78 is 89.6. The highest BCUT2D eigenvalue weighted by molar-refractivity contribution is 5.33. The minimum Gasteiger partial charge on any atom is -0.343 e. The molecule has 0 spiro atoms. The first-order chi connectivity index (χ1) is 16.9. The van der Waals surface area contributed by atoms with Crippen LogP contribution in [0.3, 0.4) is 0 Å². The number of rotatable bonds is 18. The average molecular weight is 529 g/mol. The van der Waals surface area contributed by atoms with Gasteiger partial charge in [0.1, 0.15) is 0 Å². The first-order valence-electron chi connectivity index (χ1n) is 13.2. The van der Waals surface area contributed by atoms with Crippen LogP contribution in [0.5, 0.6) is 0 Å². The van der Waals surface area contributed by atoms with Crippen molar-refractivity contribution in [1.82, 2.24) is 0 Å². The van der Waals surface area contributed by atoms with Crippen LogP contribution >= 0.6 is 0 Å². The molecule has 1 rings (SSSR count). The maximum absolute atomic E-state index is 13.1. The van der Waals surface area contributed by atoms with E-state index in [0.29, 0.717) is 32.1 Å². The van der Waals surface area contributed by atoms with E-state index in [1.54, 1.807) is 13.8 Å². The standard InChI is InChI=1S/C27H42F6O3/c1-4-7-8-9-10-13-16-22(27(34,35-5-2)36-6-3)17-14-11-12-15-21-18-23(25(28,29)30)20-24(19-21)26(31,32)33/h18-20,22,34H,4-17H2,1-3H3. The Morgan fingerprint density at radius 3 is 1.56 bits per heavy atom. The molecular weight excluding hydrogens is 486 g/mol. The molecule has 0 saturated carbocycles. The molecule has 0 radical (unpaired) electrons. The summed E-state index contributed by atoms with van der Waals surface area (Å²) in [5.74, 6) is -1.97. The monoisotopic (exact) mass is 528 g/mol. The molecule has 1 aromatic rings. The highest BCUT2D eigenvalue weighted by Gasteiger charge is 2.38. The second-order valence-corrected chi connectivity index (χ2v) is 9.26. The quantitative estimate of drug-likeness (QED) is 0.117. The molecule has 210 valence electrons. The lowest BCUT2D eigenvalue weighted by Crippen LogP contribution is -2.44. The van der Waals surface area contributed by atoms with Crippen molar-refractivity contribution >= 4 is 0 Å². The Kier molecular flexibility index (Phi) is 14.4. The molecule has 1 atom stereocenters. The van der Waals surface area contributed by atoms with Gasteiger partial charge in [-0.15, -0.1) is 0 Å². The molecule has 0 amide bonds. The van der Waals surface area contributed by atoms with Crippen molar-refractivity contribution in [3.63, 3.8) is 0 Å². The Hall–Kier alpha value is -1.32. The van der Waals surface area contributed by atoms with Crippen molar-refractivity contribution < 1.29 is 40.9 Å². The van der Waals surface area contributed by atoms with Gasteiger partial charge in [-0.05, 0) is 63.3 Å². The summed E-state index contributed by atoms with van der Waals surface area (Å²) in [6.07, 6.45) is 0.0128. The van der Waals surface area contributed by atoms with E-state index < -0.39 is 29.5 Å². The highest BCUT2D eigenvalue weighted by Crippen LogP contribution is 2.37. The predicted octanol–water partition coefficient (Wildman–Crippen LogP) is 8.91. The summed E-state index contributed by atoms with van der Waals surface area (Å²) in [4.78, 5) is 0. The van der Waals surface area contributed by atoms with E-state index in [1.807, 2.05) is 0 Å². The summed E-state index contributed by atoms with van der Waals surface area (Å²) in [7, 11) is 0. The van der Waals surface area contributed by atoms with Crippen LogP contribution in [0.15, 0.2) is 18.2 Å². The van der Waals surface area contributed by atoms with Gasteiger partial charge in [-0.2, -0.15) is 26.3 Å². The number of halogens is 6. The smallest absolute Gasteiger partial charge is 0.343 e. The molecule has 0 heterocycles. The van der Waals surface area contributed by atoms with E-state index in [4.69, 9.17) is 9.47 Å². The van der Waals surface area contributed by atoms with Crippen molar-refractivity contribution in [2.45, 2.75) is 116 Å². The molecule has 1 aromatic carbocycles. The van der Waals surface area contributed by atoms with Crippen molar-refractivity contribution in [3.8, 4) is 0 Å². The molecular formula is C27H42F6O3. The van der Waals surface area contributed by atoms with Gasteiger partial charge in [-0.1, -0.05) is 58.3 Å². The Balaban J connectivity index is 2.73. The molecule has 0 aliphatic carbocycles. The summed E-state index contributed by atoms with van der Waals surface area (Å²) in [5.41, 5.74) is -2.56. The number of hydrogen-bond donors (Lipinski definition) is 1. The number of unbranched alkanes of at least 4 members (excludes halogenated alkanes) is 7. The van der Waals surface area contributed by atoms with Crippen LogP contribution in [0.4, 0.5) is 26.3 Å². The Morgan fingerprint density at radius 2 is 1.11 bits per heavy atom. The van der Waals surface area contributed by atoms with Gasteiger partial charge in [-0.25, -0.2) is 0 Å². The van der Waals surface area contributed by atoms with Gasteiger partial charge in [0, 0.05) is 19.1 Å². The first-order valence-corrected chi connectivity index (χ1v) is 13.2. The largest absolute Gasteiger partial charge is 0.416 e. The molecule has 3 nitrogen and oxygen atoms in total. The van der Waals surface area contributed by atoms with Crippen LogP contribution in [0.1, 0.15) is 108 Å². The lowest BCUT2D eigenvalue weighted by Gasteiger charge is -2.35. The summed E-state index contributed by atoms with van der Waals surface area (Å²) in [6, 6.07) is 1.73. The van der Waals surface area contributed by atoms with Gasteiger partial charge in [0.15, 0.2) is 0 Å². The van der Waals surface area contributed by atoms with E-state index in [0.717, 1.165) is 37.8 Å². The molecule has 1 unspecified atom stereocenters. The number of alkyl halides is 6. The third-order valence-corrected chi connectivity index (χ3v) is 6.29. The number of aryl methyl sites for hydroxylation is 1. The third-order valence-electron chi connectivity index (χ3n) is 6.29. The Morgan fingerprint density at radius 1 is 0.667 bits per heavy atom. The number of ether oxygens (including phenoxy) is 2. The van der Waals surface area contributed by atoms with E-state index in [2.05, 4.69) is 6.92 Å². The SMILES string of the molecule is CCCCCCCCC(CCCCCc1cc(C(F)(F)F)cc(C(F)(F)F)c1)C(O)(OCC)OCC. The zero-order valence-electron chi connectivity index (χ0n) is 21.7. The van der Waals surface area contributed by atoms with Gasteiger partial charge in [0.05, 0.1) is 11.1 Å². The molecule has 0 aromatic heterocycles. The Labute approximate surface area is 211 Å². The van der Waals surface area contributed by atoms with Crippen molar-refractivity contribution in [2.24, 2.45) is 5.92 Å². The van der Waals surface area contributed by atoms with Crippen LogP contribution < -0.4 is 0 Å². The highest BCUT2D eigenvalue weighted by atomic mass is 19.4. The average Bonchev–Trinajstić information content (AvgIpc) is 2.78. The minimum atomic E-state index is -4.84. The van der Waals surface area contributed by atoms with Gasteiger partial charge in [0.25, 0.3) is 5.97 Å². The Bertz CT molecular complexity index is 695. The molecule has 36 heavy (non-hydrogen) atoms. The van der Waals surface area contributed by atoms with E-state index in [1.165, 1.54) is 12.8 Å². The van der Waals surface area contributed by atoms with Crippen LogP contribution in [-0.4, -0.2) is 24.3 Å². The zero-order chi connectivity index (χ0) is 27.2. The van der Waals surface area contributed by atoms with Crippen LogP contribution in [0.25, 0.3) is 0 Å². The fourth-order valence-electron chi connectivity index (χ4n) is 4.43. The van der Waals surface area contributed by atoms with E-state index in [-0.39, 0.29) is 37.2 Å². The van der Waals surface area contributed by atoms with Crippen molar-refractivity contribution in [1.29, 1.82) is 0 Å². The predicted molar refractivity (Wildman–Crippen MR) is 128 cm³/mol. The van der Waals surface area contributed by atoms with Crippen LogP contribution in [-0.2, 0) is 28.2 Å². The van der Waals surface area contributed by atoms with Crippen LogP contribution in [0.2, 0.25) is 0 Å².